The quantitative estimate of drug-likeness (QED) is 0.808. The van der Waals surface area contributed by atoms with E-state index in [1.807, 2.05) is 0 Å². The van der Waals surface area contributed by atoms with E-state index in [1.165, 1.54) is 45.1 Å². The van der Waals surface area contributed by atoms with Crippen molar-refractivity contribution in [1.29, 1.82) is 0 Å². The largest absolute Gasteiger partial charge is 0.314 e. The molecule has 2 aliphatic rings. The monoisotopic (exact) mass is 271 g/mol. The van der Waals surface area contributed by atoms with Gasteiger partial charge in [-0.3, -0.25) is 0 Å². The van der Waals surface area contributed by atoms with Crippen LogP contribution in [0.1, 0.15) is 75.3 Å². The Bertz CT molecular complexity index is 435. The zero-order valence-corrected chi connectivity index (χ0v) is 13.1. The lowest BCUT2D eigenvalue weighted by Crippen LogP contribution is -2.33. The van der Waals surface area contributed by atoms with Crippen molar-refractivity contribution in [3.8, 4) is 0 Å². The van der Waals surface area contributed by atoms with Gasteiger partial charge in [-0.2, -0.15) is 0 Å². The van der Waals surface area contributed by atoms with Gasteiger partial charge < -0.3 is 5.32 Å². The predicted octanol–water partition coefficient (Wildman–Crippen LogP) is 4.84. The maximum absolute atomic E-state index is 3.76. The molecule has 0 aromatic heterocycles. The molecule has 3 atom stereocenters. The van der Waals surface area contributed by atoms with Crippen LogP contribution in [0.5, 0.6) is 0 Å². The van der Waals surface area contributed by atoms with Crippen LogP contribution in [0.4, 0.5) is 0 Å². The summed E-state index contributed by atoms with van der Waals surface area (Å²) < 4.78 is 0. The fourth-order valence-electron chi connectivity index (χ4n) is 4.16. The third kappa shape index (κ3) is 2.65. The summed E-state index contributed by atoms with van der Waals surface area (Å²) in [6, 6.07) is 10.0. The smallest absolute Gasteiger partial charge is 0.00987 e. The molecular weight excluding hydrogens is 242 g/mol. The van der Waals surface area contributed by atoms with E-state index >= 15 is 0 Å². The standard InChI is InChI=1S/C19H29N/c1-3-13-20-19-12-11-16(14(19)2)18-10-5-4-9-17(18)15-7-6-8-15/h4-5,9-10,14-16,19-20H,3,6-8,11-13H2,1-2H3. The van der Waals surface area contributed by atoms with Crippen LogP contribution in [0, 0.1) is 5.92 Å². The molecule has 3 unspecified atom stereocenters. The number of rotatable bonds is 5. The second-order valence-electron chi connectivity index (χ2n) is 6.86. The molecule has 0 amide bonds. The van der Waals surface area contributed by atoms with Crippen LogP contribution in [-0.4, -0.2) is 12.6 Å². The lowest BCUT2D eigenvalue weighted by atomic mass is 9.74. The minimum atomic E-state index is 0.731. The Hall–Kier alpha value is -0.820. The van der Waals surface area contributed by atoms with E-state index in [1.54, 1.807) is 11.1 Å². The van der Waals surface area contributed by atoms with Crippen molar-refractivity contribution >= 4 is 0 Å². The summed E-state index contributed by atoms with van der Waals surface area (Å²) in [4.78, 5) is 0. The van der Waals surface area contributed by atoms with Gasteiger partial charge in [0, 0.05) is 6.04 Å². The molecule has 2 fully saturated rings. The number of hydrogen-bond donors (Lipinski definition) is 1. The maximum Gasteiger partial charge on any atom is 0.00987 e. The molecule has 3 rings (SSSR count). The molecule has 0 heterocycles. The Morgan fingerprint density at radius 1 is 1.05 bits per heavy atom. The molecule has 1 heteroatoms. The van der Waals surface area contributed by atoms with Crippen LogP contribution >= 0.6 is 0 Å². The van der Waals surface area contributed by atoms with Gasteiger partial charge in [-0.1, -0.05) is 44.5 Å². The number of hydrogen-bond acceptors (Lipinski definition) is 1. The van der Waals surface area contributed by atoms with Gasteiger partial charge in [-0.25, -0.2) is 0 Å². The molecule has 20 heavy (non-hydrogen) atoms. The van der Waals surface area contributed by atoms with Crippen molar-refractivity contribution < 1.29 is 0 Å². The summed E-state index contributed by atoms with van der Waals surface area (Å²) in [6.07, 6.45) is 8.22. The van der Waals surface area contributed by atoms with E-state index in [0.29, 0.717) is 0 Å². The van der Waals surface area contributed by atoms with Crippen molar-refractivity contribution in [2.75, 3.05) is 6.54 Å². The van der Waals surface area contributed by atoms with Gasteiger partial charge in [-0.15, -0.1) is 0 Å². The third-order valence-corrected chi connectivity index (χ3v) is 5.66. The van der Waals surface area contributed by atoms with Gasteiger partial charge in [0.15, 0.2) is 0 Å². The highest BCUT2D eigenvalue weighted by molar-refractivity contribution is 5.35. The van der Waals surface area contributed by atoms with Gasteiger partial charge in [0.1, 0.15) is 0 Å². The minimum Gasteiger partial charge on any atom is -0.314 e. The van der Waals surface area contributed by atoms with Crippen LogP contribution in [0.15, 0.2) is 24.3 Å². The molecule has 2 saturated carbocycles. The Labute approximate surface area is 124 Å². The van der Waals surface area contributed by atoms with Gasteiger partial charge in [0.05, 0.1) is 0 Å². The third-order valence-electron chi connectivity index (χ3n) is 5.66. The van der Waals surface area contributed by atoms with E-state index in [0.717, 1.165) is 23.8 Å². The lowest BCUT2D eigenvalue weighted by molar-refractivity contribution is 0.391. The van der Waals surface area contributed by atoms with Crippen LogP contribution in [0.25, 0.3) is 0 Å². The van der Waals surface area contributed by atoms with Crippen molar-refractivity contribution in [2.24, 2.45) is 5.92 Å². The first-order valence-corrected chi connectivity index (χ1v) is 8.63. The van der Waals surface area contributed by atoms with E-state index in [4.69, 9.17) is 0 Å². The summed E-state index contributed by atoms with van der Waals surface area (Å²) in [5, 5.41) is 3.76. The number of benzene rings is 1. The lowest BCUT2D eigenvalue weighted by Gasteiger charge is -2.31. The topological polar surface area (TPSA) is 12.0 Å². The highest BCUT2D eigenvalue weighted by Crippen LogP contribution is 2.45. The molecule has 1 aromatic rings. The van der Waals surface area contributed by atoms with Crippen molar-refractivity contribution in [3.05, 3.63) is 35.4 Å². The minimum absolute atomic E-state index is 0.731. The highest BCUT2D eigenvalue weighted by atomic mass is 14.9. The van der Waals surface area contributed by atoms with E-state index < -0.39 is 0 Å². The summed E-state index contributed by atoms with van der Waals surface area (Å²) in [5.41, 5.74) is 3.34. The van der Waals surface area contributed by atoms with Gasteiger partial charge in [0.2, 0.25) is 0 Å². The molecule has 0 bridgehead atoms. The summed E-state index contributed by atoms with van der Waals surface area (Å²) in [7, 11) is 0. The van der Waals surface area contributed by atoms with Crippen LogP contribution in [0.2, 0.25) is 0 Å². The molecule has 1 N–H and O–H groups in total. The fourth-order valence-corrected chi connectivity index (χ4v) is 4.16. The van der Waals surface area contributed by atoms with Crippen molar-refractivity contribution in [3.63, 3.8) is 0 Å². The average Bonchev–Trinajstić information content (AvgIpc) is 2.76. The van der Waals surface area contributed by atoms with E-state index in [9.17, 15) is 0 Å². The van der Waals surface area contributed by atoms with Gasteiger partial charge in [-0.05, 0) is 67.5 Å². The molecule has 110 valence electrons. The average molecular weight is 271 g/mol. The van der Waals surface area contributed by atoms with E-state index in [-0.39, 0.29) is 0 Å². The van der Waals surface area contributed by atoms with E-state index in [2.05, 4.69) is 43.4 Å². The normalized spacial score (nSPS) is 30.4. The first-order chi connectivity index (χ1) is 9.81. The van der Waals surface area contributed by atoms with Crippen molar-refractivity contribution in [1.82, 2.24) is 5.32 Å². The number of nitrogens with one attached hydrogen (secondary N) is 1. The summed E-state index contributed by atoms with van der Waals surface area (Å²) in [6.45, 7) is 5.89. The van der Waals surface area contributed by atoms with Gasteiger partial charge >= 0.3 is 0 Å². The zero-order valence-electron chi connectivity index (χ0n) is 13.1. The molecule has 0 radical (unpaired) electrons. The van der Waals surface area contributed by atoms with Crippen LogP contribution in [0.3, 0.4) is 0 Å². The molecule has 1 aromatic carbocycles. The molecule has 1 nitrogen and oxygen atoms in total. The summed E-state index contributed by atoms with van der Waals surface area (Å²) >= 11 is 0. The maximum atomic E-state index is 3.76. The first-order valence-electron chi connectivity index (χ1n) is 8.63. The Morgan fingerprint density at radius 3 is 2.45 bits per heavy atom. The Morgan fingerprint density at radius 2 is 1.80 bits per heavy atom. The molecule has 2 aliphatic carbocycles. The van der Waals surface area contributed by atoms with Crippen LogP contribution in [-0.2, 0) is 0 Å². The second-order valence-corrected chi connectivity index (χ2v) is 6.86. The highest BCUT2D eigenvalue weighted by Gasteiger charge is 2.35. The SMILES string of the molecule is CCCNC1CCC(c2ccccc2C2CCC2)C1C. The first kappa shape index (κ1) is 14.1. The second kappa shape index (κ2) is 6.30. The Kier molecular flexibility index (Phi) is 4.45. The molecule has 0 spiro atoms. The summed E-state index contributed by atoms with van der Waals surface area (Å²) in [5.74, 6) is 2.42. The molecule has 0 saturated heterocycles. The predicted molar refractivity (Wildman–Crippen MR) is 86.3 cm³/mol. The van der Waals surface area contributed by atoms with Crippen LogP contribution < -0.4 is 5.32 Å². The fraction of sp³-hybridized carbons (Fsp3) is 0.684. The zero-order chi connectivity index (χ0) is 13.9. The molecular formula is C19H29N. The molecule has 0 aliphatic heterocycles. The van der Waals surface area contributed by atoms with Gasteiger partial charge in [0.25, 0.3) is 0 Å². The Balaban J connectivity index is 1.76. The van der Waals surface area contributed by atoms with Crippen molar-refractivity contribution in [2.45, 2.75) is 70.3 Å².